The van der Waals surface area contributed by atoms with E-state index in [1.807, 2.05) is 39.0 Å². The van der Waals surface area contributed by atoms with Crippen LogP contribution in [0.5, 0.6) is 5.75 Å². The van der Waals surface area contributed by atoms with E-state index < -0.39 is 0 Å². The van der Waals surface area contributed by atoms with E-state index in [0.29, 0.717) is 11.7 Å². The van der Waals surface area contributed by atoms with E-state index in [2.05, 4.69) is 20.8 Å². The third kappa shape index (κ3) is 6.72. The number of benzene rings is 1. The summed E-state index contributed by atoms with van der Waals surface area (Å²) in [5.41, 5.74) is 0.710. The van der Waals surface area contributed by atoms with Crippen molar-refractivity contribution in [2.45, 2.75) is 91.6 Å². The Bertz CT molecular complexity index is 542. The van der Waals surface area contributed by atoms with E-state index in [0.717, 1.165) is 25.7 Å². The molecule has 0 aliphatic heterocycles. The normalized spacial score (nSPS) is 17.4. The summed E-state index contributed by atoms with van der Waals surface area (Å²) >= 11 is 0. The van der Waals surface area contributed by atoms with Crippen molar-refractivity contribution in [2.24, 2.45) is 5.41 Å². The summed E-state index contributed by atoms with van der Waals surface area (Å²) in [6.45, 7) is 12.3. The summed E-state index contributed by atoms with van der Waals surface area (Å²) in [6, 6.07) is 7.46. The zero-order valence-corrected chi connectivity index (χ0v) is 16.9. The van der Waals surface area contributed by atoms with Crippen molar-refractivity contribution in [3.63, 3.8) is 0 Å². The second kappa shape index (κ2) is 9.26. The summed E-state index contributed by atoms with van der Waals surface area (Å²) in [7, 11) is 0. The van der Waals surface area contributed by atoms with Crippen LogP contribution in [-0.4, -0.2) is 16.7 Å². The Balaban J connectivity index is 0.000000257. The minimum atomic E-state index is -0.328. The maximum atomic E-state index is 11.8. The first-order valence-electron chi connectivity index (χ1n) is 9.66. The van der Waals surface area contributed by atoms with E-state index in [1.165, 1.54) is 18.4 Å². The molecule has 1 aromatic carbocycles. The molecule has 3 nitrogen and oxygen atoms in total. The number of carbonyl (C=O) groups excluding carboxylic acids is 1. The van der Waals surface area contributed by atoms with Crippen molar-refractivity contribution in [1.29, 1.82) is 0 Å². The summed E-state index contributed by atoms with van der Waals surface area (Å²) < 4.78 is 5.62. The lowest BCUT2D eigenvalue weighted by Crippen LogP contribution is -2.35. The summed E-state index contributed by atoms with van der Waals surface area (Å²) in [5.74, 6) is 0.870. The molecule has 1 aliphatic rings. The van der Waals surface area contributed by atoms with Gasteiger partial charge >= 0.3 is 5.97 Å². The predicted molar refractivity (Wildman–Crippen MR) is 104 cm³/mol. The highest BCUT2D eigenvalue weighted by Crippen LogP contribution is 2.35. The van der Waals surface area contributed by atoms with Crippen LogP contribution >= 0.6 is 0 Å². The Morgan fingerprint density at radius 1 is 1.28 bits per heavy atom. The van der Waals surface area contributed by atoms with Gasteiger partial charge in [-0.25, -0.2) is 0 Å². The first-order chi connectivity index (χ1) is 11.6. The Kier molecular flexibility index (Phi) is 7.98. The number of phenols is 1. The van der Waals surface area contributed by atoms with Crippen molar-refractivity contribution in [3.05, 3.63) is 29.8 Å². The highest BCUT2D eigenvalue weighted by molar-refractivity contribution is 5.76. The Hall–Kier alpha value is -1.51. The molecule has 25 heavy (non-hydrogen) atoms. The summed E-state index contributed by atoms with van der Waals surface area (Å²) in [4.78, 5) is 11.8. The van der Waals surface area contributed by atoms with Crippen LogP contribution in [0.15, 0.2) is 24.3 Å². The average Bonchev–Trinajstić information content (AvgIpc) is 3.00. The quantitative estimate of drug-likeness (QED) is 0.644. The molecule has 1 fully saturated rings. The van der Waals surface area contributed by atoms with Gasteiger partial charge in [0.25, 0.3) is 0 Å². The third-order valence-electron chi connectivity index (χ3n) is 5.49. The van der Waals surface area contributed by atoms with Gasteiger partial charge in [-0.05, 0) is 82.9 Å². The lowest BCUT2D eigenvalue weighted by atomic mass is 9.90. The van der Waals surface area contributed by atoms with Crippen molar-refractivity contribution < 1.29 is 14.6 Å². The first-order valence-corrected chi connectivity index (χ1v) is 9.66. The second-order valence-electron chi connectivity index (χ2n) is 8.19. The molecule has 1 saturated carbocycles. The van der Waals surface area contributed by atoms with Crippen molar-refractivity contribution in [3.8, 4) is 5.75 Å². The van der Waals surface area contributed by atoms with Crippen LogP contribution in [0.2, 0.25) is 0 Å². The number of hydrogen-bond acceptors (Lipinski definition) is 3. The van der Waals surface area contributed by atoms with E-state index in [-0.39, 0.29) is 17.0 Å². The molecule has 2 rings (SSSR count). The fourth-order valence-corrected chi connectivity index (χ4v) is 2.80. The van der Waals surface area contributed by atoms with E-state index in [4.69, 9.17) is 9.84 Å². The molecular formula is C22H36O3. The maximum Gasteiger partial charge on any atom is 0.312 e. The fraction of sp³-hybridized carbons (Fsp3) is 0.682. The Labute approximate surface area is 153 Å². The molecule has 142 valence electrons. The van der Waals surface area contributed by atoms with Gasteiger partial charge in [-0.2, -0.15) is 0 Å². The van der Waals surface area contributed by atoms with Crippen LogP contribution in [0.4, 0.5) is 0 Å². The number of carbonyl (C=O) groups is 1. The minimum Gasteiger partial charge on any atom is -0.508 e. The molecule has 0 heterocycles. The molecule has 1 N–H and O–H groups in total. The molecule has 1 atom stereocenters. The third-order valence-corrected chi connectivity index (χ3v) is 5.49. The maximum absolute atomic E-state index is 11.8. The van der Waals surface area contributed by atoms with Gasteiger partial charge in [-0.1, -0.05) is 32.9 Å². The second-order valence-corrected chi connectivity index (χ2v) is 8.19. The highest BCUT2D eigenvalue weighted by atomic mass is 16.6. The number of ether oxygens (including phenoxy) is 1. The van der Waals surface area contributed by atoms with Crippen LogP contribution in [0.25, 0.3) is 0 Å². The molecular weight excluding hydrogens is 312 g/mol. The lowest BCUT2D eigenvalue weighted by Gasteiger charge is -2.29. The Morgan fingerprint density at radius 3 is 2.36 bits per heavy atom. The first kappa shape index (κ1) is 21.5. The van der Waals surface area contributed by atoms with Crippen LogP contribution < -0.4 is 0 Å². The number of esters is 1. The molecule has 0 radical (unpaired) electrons. The molecule has 1 aromatic rings. The standard InChI is InChI=1S/C12H22O2.C10H14O/c1-5-11(2,3)10(13)14-12(4)8-6-7-9-12;1-3-8(2)9-5-4-6-10(11)7-9/h5-9H2,1-4H3;4-8,11H,3H2,1-2H3. The number of phenolic OH excluding ortho intramolecular Hbond substituents is 1. The SMILES string of the molecule is CCC(C)(C)C(=O)OC1(C)CCCC1.CCC(C)c1cccc(O)c1. The molecule has 3 heteroatoms. The number of hydrogen-bond donors (Lipinski definition) is 1. The number of aromatic hydroxyl groups is 1. The summed E-state index contributed by atoms with van der Waals surface area (Å²) in [5, 5.41) is 9.16. The molecule has 0 amide bonds. The topological polar surface area (TPSA) is 46.5 Å². The Morgan fingerprint density at radius 2 is 1.88 bits per heavy atom. The van der Waals surface area contributed by atoms with Gasteiger partial charge in [0.05, 0.1) is 5.41 Å². The molecule has 0 bridgehead atoms. The van der Waals surface area contributed by atoms with E-state index in [9.17, 15) is 4.79 Å². The molecule has 0 saturated heterocycles. The van der Waals surface area contributed by atoms with Crippen LogP contribution in [0.1, 0.15) is 91.5 Å². The van der Waals surface area contributed by atoms with Gasteiger partial charge in [0, 0.05) is 0 Å². The highest BCUT2D eigenvalue weighted by Gasteiger charge is 2.37. The molecule has 1 aliphatic carbocycles. The lowest BCUT2D eigenvalue weighted by molar-refractivity contribution is -0.168. The number of rotatable bonds is 5. The molecule has 1 unspecified atom stereocenters. The molecule has 0 spiro atoms. The molecule has 0 aromatic heterocycles. The minimum absolute atomic E-state index is 0.0376. The monoisotopic (exact) mass is 348 g/mol. The van der Waals surface area contributed by atoms with Crippen molar-refractivity contribution in [1.82, 2.24) is 0 Å². The van der Waals surface area contributed by atoms with E-state index >= 15 is 0 Å². The zero-order valence-electron chi connectivity index (χ0n) is 16.9. The smallest absolute Gasteiger partial charge is 0.312 e. The van der Waals surface area contributed by atoms with Gasteiger partial charge in [0.1, 0.15) is 11.4 Å². The van der Waals surface area contributed by atoms with Gasteiger partial charge < -0.3 is 9.84 Å². The van der Waals surface area contributed by atoms with Crippen molar-refractivity contribution in [2.75, 3.05) is 0 Å². The van der Waals surface area contributed by atoms with Crippen LogP contribution in [0, 0.1) is 5.41 Å². The fourth-order valence-electron chi connectivity index (χ4n) is 2.80. The zero-order chi connectivity index (χ0) is 19.1. The average molecular weight is 349 g/mol. The van der Waals surface area contributed by atoms with Gasteiger partial charge in [0.2, 0.25) is 0 Å². The summed E-state index contributed by atoms with van der Waals surface area (Å²) in [6.07, 6.45) is 6.38. The van der Waals surface area contributed by atoms with E-state index in [1.54, 1.807) is 6.07 Å². The van der Waals surface area contributed by atoms with Crippen LogP contribution in [-0.2, 0) is 9.53 Å². The largest absolute Gasteiger partial charge is 0.508 e. The van der Waals surface area contributed by atoms with Gasteiger partial charge in [-0.3, -0.25) is 4.79 Å². The van der Waals surface area contributed by atoms with Gasteiger partial charge in [-0.15, -0.1) is 0 Å². The predicted octanol–water partition coefficient (Wildman–Crippen LogP) is 6.20. The van der Waals surface area contributed by atoms with Crippen LogP contribution in [0.3, 0.4) is 0 Å². The van der Waals surface area contributed by atoms with Crippen molar-refractivity contribution >= 4 is 5.97 Å². The van der Waals surface area contributed by atoms with Gasteiger partial charge in [0.15, 0.2) is 0 Å².